The Balaban J connectivity index is 1.75. The lowest BCUT2D eigenvalue weighted by Crippen LogP contribution is -2.04. The van der Waals surface area contributed by atoms with Crippen LogP contribution in [0.1, 0.15) is 22.8 Å². The normalized spacial score (nSPS) is 13.4. The maximum absolute atomic E-state index is 14.6. The monoisotopic (exact) mass is 422 g/mol. The van der Waals surface area contributed by atoms with E-state index in [2.05, 4.69) is 10.1 Å². The van der Waals surface area contributed by atoms with Gasteiger partial charge in [0.15, 0.2) is 17.3 Å². The van der Waals surface area contributed by atoms with Crippen LogP contribution in [0, 0.1) is 18.6 Å². The zero-order valence-electron chi connectivity index (χ0n) is 16.3. The number of halogens is 2. The van der Waals surface area contributed by atoms with E-state index in [1.165, 1.54) is 12.3 Å². The van der Waals surface area contributed by atoms with E-state index in [4.69, 9.17) is 14.0 Å². The highest BCUT2D eigenvalue weighted by Crippen LogP contribution is 2.45. The van der Waals surface area contributed by atoms with Gasteiger partial charge in [-0.2, -0.15) is 8.78 Å². The molecule has 0 spiro atoms. The Labute approximate surface area is 175 Å². The summed E-state index contributed by atoms with van der Waals surface area (Å²) in [5.41, 5.74) is 2.71. The molecule has 1 unspecified atom stereocenters. The molecule has 0 radical (unpaired) electrons. The van der Waals surface area contributed by atoms with E-state index >= 15 is 0 Å². The summed E-state index contributed by atoms with van der Waals surface area (Å²) >= 11 is 0. The predicted octanol–water partition coefficient (Wildman–Crippen LogP) is 4.80. The molecule has 4 aromatic rings. The van der Waals surface area contributed by atoms with E-state index in [-0.39, 0.29) is 35.1 Å². The van der Waals surface area contributed by atoms with Crippen LogP contribution >= 0.6 is 0 Å². The van der Waals surface area contributed by atoms with Gasteiger partial charge in [0.05, 0.1) is 11.1 Å². The Kier molecular flexibility index (Phi) is 4.63. The fourth-order valence-corrected chi connectivity index (χ4v) is 3.52. The van der Waals surface area contributed by atoms with Gasteiger partial charge in [0, 0.05) is 23.5 Å². The first-order valence-electron chi connectivity index (χ1n) is 9.47. The van der Waals surface area contributed by atoms with Crippen molar-refractivity contribution in [3.05, 3.63) is 83.2 Å². The number of benzene rings is 2. The molecule has 0 saturated heterocycles. The molecular formula is C23H16F2N2O4. The lowest BCUT2D eigenvalue weighted by atomic mass is 9.94. The summed E-state index contributed by atoms with van der Waals surface area (Å²) in [6.45, 7) is 1.59. The van der Waals surface area contributed by atoms with Crippen LogP contribution in [0.4, 0.5) is 8.78 Å². The number of hydrogen-bond donors (Lipinski definition) is 1. The number of aromatic nitrogens is 2. The van der Waals surface area contributed by atoms with Gasteiger partial charge in [-0.3, -0.25) is 4.98 Å². The maximum Gasteiger partial charge on any atom is 0.231 e. The number of aliphatic hydroxyl groups excluding tert-OH is 1. The van der Waals surface area contributed by atoms with E-state index in [0.29, 0.717) is 16.9 Å². The van der Waals surface area contributed by atoms with Crippen molar-refractivity contribution in [3.8, 4) is 34.1 Å². The largest absolute Gasteiger partial charge is 0.454 e. The molecule has 6 nitrogen and oxygen atoms in total. The zero-order valence-corrected chi connectivity index (χ0v) is 16.3. The van der Waals surface area contributed by atoms with Gasteiger partial charge in [0.2, 0.25) is 18.4 Å². The number of aliphatic hydroxyl groups is 1. The van der Waals surface area contributed by atoms with Crippen molar-refractivity contribution in [2.45, 2.75) is 13.0 Å². The smallest absolute Gasteiger partial charge is 0.231 e. The van der Waals surface area contributed by atoms with Crippen LogP contribution in [0.3, 0.4) is 0 Å². The highest BCUT2D eigenvalue weighted by molar-refractivity contribution is 5.78. The summed E-state index contributed by atoms with van der Waals surface area (Å²) < 4.78 is 44.7. The van der Waals surface area contributed by atoms with Crippen LogP contribution in [-0.2, 0) is 0 Å². The summed E-state index contributed by atoms with van der Waals surface area (Å²) in [6.07, 6.45) is 1.90. The molecule has 6 rings (SSSR count). The molecule has 2 aliphatic rings. The fraction of sp³-hybridized carbons (Fsp3) is 0.130. The second kappa shape index (κ2) is 7.48. The van der Waals surface area contributed by atoms with Gasteiger partial charge in [-0.15, -0.1) is 0 Å². The van der Waals surface area contributed by atoms with E-state index in [1.807, 2.05) is 31.2 Å². The quantitative estimate of drug-likeness (QED) is 0.509. The molecule has 0 amide bonds. The van der Waals surface area contributed by atoms with Gasteiger partial charge < -0.3 is 19.1 Å². The molecule has 0 saturated carbocycles. The van der Waals surface area contributed by atoms with Crippen LogP contribution in [0.15, 0.2) is 59.4 Å². The minimum atomic E-state index is -1.20. The number of fused-ring (bicyclic) bond motifs is 4. The zero-order chi connectivity index (χ0) is 21.5. The van der Waals surface area contributed by atoms with E-state index in [0.717, 1.165) is 5.56 Å². The second-order valence-corrected chi connectivity index (χ2v) is 7.11. The second-order valence-electron chi connectivity index (χ2n) is 7.11. The third-order valence-corrected chi connectivity index (χ3v) is 5.12. The van der Waals surface area contributed by atoms with E-state index < -0.39 is 17.7 Å². The topological polar surface area (TPSA) is 77.6 Å². The molecule has 2 aromatic heterocycles. The van der Waals surface area contributed by atoms with Gasteiger partial charge in [-0.25, -0.2) is 0 Å². The minimum Gasteiger partial charge on any atom is -0.454 e. The Morgan fingerprint density at radius 1 is 1.06 bits per heavy atom. The van der Waals surface area contributed by atoms with Crippen LogP contribution in [0.5, 0.6) is 11.5 Å². The molecular weight excluding hydrogens is 406 g/mol. The molecule has 2 aliphatic heterocycles. The molecule has 0 aliphatic carbocycles. The molecule has 2 aromatic carbocycles. The molecule has 31 heavy (non-hydrogen) atoms. The standard InChI is InChI=1S/C23H16F2N2O4/c1-12-4-6-13(7-5-12)22-17(21(28)14-3-2-8-26-10-14)20(27-31-22)15-9-16-18(24)19(25)23(15)30-11-29-16/h2-10,21,28H,11H2,1H3. The Hall–Kier alpha value is -3.78. The van der Waals surface area contributed by atoms with Crippen LogP contribution in [0.25, 0.3) is 22.6 Å². The molecule has 8 heteroatoms. The summed E-state index contributed by atoms with van der Waals surface area (Å²) in [5, 5.41) is 15.3. The van der Waals surface area contributed by atoms with Crippen molar-refractivity contribution in [1.82, 2.24) is 10.1 Å². The van der Waals surface area contributed by atoms with Crippen molar-refractivity contribution in [2.75, 3.05) is 6.79 Å². The van der Waals surface area contributed by atoms with Gasteiger partial charge >= 0.3 is 0 Å². The van der Waals surface area contributed by atoms with Crippen molar-refractivity contribution >= 4 is 0 Å². The summed E-state index contributed by atoms with van der Waals surface area (Å²) in [7, 11) is 0. The van der Waals surface area contributed by atoms with Crippen molar-refractivity contribution < 1.29 is 27.9 Å². The molecule has 1 N–H and O–H groups in total. The highest BCUT2D eigenvalue weighted by Gasteiger charge is 2.32. The van der Waals surface area contributed by atoms with Gasteiger partial charge in [0.1, 0.15) is 11.8 Å². The third-order valence-electron chi connectivity index (χ3n) is 5.12. The first-order valence-corrected chi connectivity index (χ1v) is 9.47. The molecule has 4 heterocycles. The first kappa shape index (κ1) is 19.2. The summed E-state index contributed by atoms with van der Waals surface area (Å²) in [5.74, 6) is -2.71. The molecule has 0 fully saturated rings. The van der Waals surface area contributed by atoms with E-state index in [9.17, 15) is 13.9 Å². The number of ether oxygens (including phenoxy) is 2. The SMILES string of the molecule is Cc1ccc(-c2onc(-c3cc4c(F)c(F)c3OCO4)c2C(O)c2cccnc2)cc1. The maximum atomic E-state index is 14.6. The fourth-order valence-electron chi connectivity index (χ4n) is 3.52. The van der Waals surface area contributed by atoms with Crippen LogP contribution in [0.2, 0.25) is 0 Å². The first-order chi connectivity index (χ1) is 15.0. The van der Waals surface area contributed by atoms with Crippen LogP contribution < -0.4 is 9.47 Å². The summed E-state index contributed by atoms with van der Waals surface area (Å²) in [4.78, 5) is 4.05. The number of hydrogen-bond acceptors (Lipinski definition) is 6. The highest BCUT2D eigenvalue weighted by atomic mass is 19.2. The average molecular weight is 422 g/mol. The van der Waals surface area contributed by atoms with Crippen molar-refractivity contribution in [2.24, 2.45) is 0 Å². The number of nitrogens with zero attached hydrogens (tertiary/aromatic N) is 2. The molecule has 1 atom stereocenters. The van der Waals surface area contributed by atoms with Gasteiger partial charge in [-0.05, 0) is 19.1 Å². The Morgan fingerprint density at radius 3 is 2.61 bits per heavy atom. The third kappa shape index (κ3) is 3.21. The van der Waals surface area contributed by atoms with Crippen molar-refractivity contribution in [1.29, 1.82) is 0 Å². The van der Waals surface area contributed by atoms with Gasteiger partial charge in [-0.1, -0.05) is 41.1 Å². The van der Waals surface area contributed by atoms with E-state index in [1.54, 1.807) is 18.3 Å². The molecule has 156 valence electrons. The van der Waals surface area contributed by atoms with Crippen molar-refractivity contribution in [3.63, 3.8) is 0 Å². The summed E-state index contributed by atoms with van der Waals surface area (Å²) in [6, 6.07) is 12.1. The minimum absolute atomic E-state index is 0.117. The molecule has 2 bridgehead atoms. The Morgan fingerprint density at radius 2 is 1.87 bits per heavy atom. The lowest BCUT2D eigenvalue weighted by molar-refractivity contribution is 0.123. The number of rotatable bonds is 4. The van der Waals surface area contributed by atoms with Gasteiger partial charge in [0.25, 0.3) is 0 Å². The number of pyridine rings is 1. The van der Waals surface area contributed by atoms with Crippen LogP contribution in [-0.4, -0.2) is 22.0 Å². The predicted molar refractivity (Wildman–Crippen MR) is 106 cm³/mol. The lowest BCUT2D eigenvalue weighted by Gasteiger charge is -2.14. The Bertz CT molecular complexity index is 1260. The average Bonchev–Trinajstić information content (AvgIpc) is 3.04. The number of aryl methyl sites for hydroxylation is 1.